The number of carboxylic acids is 1. The molecule has 154 valence electrons. The minimum Gasteiger partial charge on any atom is -0.475 e. The molecule has 1 saturated heterocycles. The van der Waals surface area contributed by atoms with Crippen LogP contribution in [0, 0.1) is 0 Å². The number of carboxylic acid groups (broad SMARTS) is 1. The Hall–Kier alpha value is -2.78. The van der Waals surface area contributed by atoms with Gasteiger partial charge in [0.2, 0.25) is 0 Å². The molecule has 3 aromatic rings. The van der Waals surface area contributed by atoms with Crippen LogP contribution in [0.25, 0.3) is 16.6 Å². The van der Waals surface area contributed by atoms with Gasteiger partial charge in [-0.1, -0.05) is 11.6 Å². The van der Waals surface area contributed by atoms with E-state index in [9.17, 15) is 13.2 Å². The van der Waals surface area contributed by atoms with Gasteiger partial charge >= 0.3 is 12.1 Å². The molecule has 0 spiro atoms. The number of fused-ring (bicyclic) bond motifs is 1. The van der Waals surface area contributed by atoms with Crippen molar-refractivity contribution < 1.29 is 27.8 Å². The Morgan fingerprint density at radius 2 is 1.76 bits per heavy atom. The van der Waals surface area contributed by atoms with Gasteiger partial charge in [-0.3, -0.25) is 4.98 Å². The molecule has 1 aliphatic rings. The summed E-state index contributed by atoms with van der Waals surface area (Å²) < 4.78 is 39.4. The summed E-state index contributed by atoms with van der Waals surface area (Å²) in [7, 11) is 0. The molecule has 6 nitrogen and oxygen atoms in total. The number of ether oxygens (including phenoxy) is 1. The second-order valence-electron chi connectivity index (χ2n) is 6.16. The van der Waals surface area contributed by atoms with Gasteiger partial charge in [0, 0.05) is 41.6 Å². The summed E-state index contributed by atoms with van der Waals surface area (Å²) in [5, 5.41) is 9.08. The van der Waals surface area contributed by atoms with Crippen LogP contribution >= 0.6 is 11.6 Å². The average molecular weight is 428 g/mol. The lowest BCUT2D eigenvalue weighted by Gasteiger charge is -2.28. The maximum atomic E-state index is 10.6. The van der Waals surface area contributed by atoms with Crippen LogP contribution in [0.3, 0.4) is 0 Å². The molecule has 2 aromatic heterocycles. The number of morpholine rings is 1. The molecule has 0 atom stereocenters. The molecule has 0 unspecified atom stereocenters. The van der Waals surface area contributed by atoms with E-state index in [2.05, 4.69) is 26.7 Å². The molecule has 0 radical (unpaired) electrons. The standard InChI is InChI=1S/C17H16ClN3O.C2HF3O2/c18-13-1-3-14(4-2-13)21-12-17(20-7-9-22-10-8-20)15-5-6-19-11-16(15)21;3-2(4,5)1(6)7/h1-6,11-12H,7-10H2;(H,6,7). The number of alkyl halides is 3. The highest BCUT2D eigenvalue weighted by Gasteiger charge is 2.38. The Kier molecular flexibility index (Phi) is 6.29. The van der Waals surface area contributed by atoms with Crippen molar-refractivity contribution in [3.63, 3.8) is 0 Å². The van der Waals surface area contributed by atoms with Crippen molar-refractivity contribution in [3.8, 4) is 5.69 Å². The lowest BCUT2D eigenvalue weighted by Crippen LogP contribution is -2.36. The van der Waals surface area contributed by atoms with E-state index in [0.29, 0.717) is 0 Å². The number of benzene rings is 1. The summed E-state index contributed by atoms with van der Waals surface area (Å²) in [6.45, 7) is 3.39. The molecule has 10 heteroatoms. The topological polar surface area (TPSA) is 67.6 Å². The minimum atomic E-state index is -5.08. The summed E-state index contributed by atoms with van der Waals surface area (Å²) in [6.07, 6.45) is 0.854. The van der Waals surface area contributed by atoms with Gasteiger partial charge < -0.3 is 19.3 Å². The first kappa shape index (κ1) is 20.9. The Bertz CT molecular complexity index is 984. The molecule has 3 heterocycles. The molecular formula is C19H17ClF3N3O3. The number of pyridine rings is 1. The van der Waals surface area contributed by atoms with Crippen molar-refractivity contribution in [2.45, 2.75) is 6.18 Å². The van der Waals surface area contributed by atoms with E-state index in [0.717, 1.165) is 42.5 Å². The first-order valence-corrected chi connectivity index (χ1v) is 8.99. The minimum absolute atomic E-state index is 0.742. The number of anilines is 1. The number of aliphatic carboxylic acids is 1. The Morgan fingerprint density at radius 1 is 1.14 bits per heavy atom. The van der Waals surface area contributed by atoms with Gasteiger partial charge in [0.25, 0.3) is 0 Å². The van der Waals surface area contributed by atoms with Crippen LogP contribution in [0.5, 0.6) is 0 Å². The first-order valence-electron chi connectivity index (χ1n) is 8.61. The number of aromatic nitrogens is 2. The molecule has 1 aromatic carbocycles. The largest absolute Gasteiger partial charge is 0.490 e. The molecule has 1 N–H and O–H groups in total. The predicted molar refractivity (Wildman–Crippen MR) is 103 cm³/mol. The monoisotopic (exact) mass is 427 g/mol. The van der Waals surface area contributed by atoms with E-state index in [1.807, 2.05) is 36.7 Å². The van der Waals surface area contributed by atoms with Crippen molar-refractivity contribution in [1.29, 1.82) is 0 Å². The molecule has 4 rings (SSSR count). The molecule has 0 bridgehead atoms. The van der Waals surface area contributed by atoms with Gasteiger partial charge in [-0.15, -0.1) is 0 Å². The van der Waals surface area contributed by atoms with Gasteiger partial charge in [0.15, 0.2) is 0 Å². The molecule has 0 saturated carbocycles. The number of hydrogen-bond acceptors (Lipinski definition) is 4. The van der Waals surface area contributed by atoms with E-state index in [1.165, 1.54) is 11.1 Å². The van der Waals surface area contributed by atoms with Crippen LogP contribution < -0.4 is 4.90 Å². The second kappa shape index (κ2) is 8.71. The van der Waals surface area contributed by atoms with Crippen molar-refractivity contribution in [3.05, 3.63) is 53.9 Å². The third kappa shape index (κ3) is 4.99. The second-order valence-corrected chi connectivity index (χ2v) is 6.59. The lowest BCUT2D eigenvalue weighted by molar-refractivity contribution is -0.192. The summed E-state index contributed by atoms with van der Waals surface area (Å²) >= 11 is 6.00. The number of nitrogens with zero attached hydrogens (tertiary/aromatic N) is 3. The highest BCUT2D eigenvalue weighted by atomic mass is 35.5. The number of halogens is 4. The van der Waals surface area contributed by atoms with Gasteiger partial charge in [-0.2, -0.15) is 13.2 Å². The number of carbonyl (C=O) groups is 1. The smallest absolute Gasteiger partial charge is 0.475 e. The fraction of sp³-hybridized carbons (Fsp3) is 0.263. The zero-order valence-corrected chi connectivity index (χ0v) is 15.8. The fourth-order valence-corrected chi connectivity index (χ4v) is 3.05. The molecule has 0 amide bonds. The van der Waals surface area contributed by atoms with Crippen molar-refractivity contribution >= 4 is 34.2 Å². The molecule has 1 aliphatic heterocycles. The van der Waals surface area contributed by atoms with E-state index in [-0.39, 0.29) is 0 Å². The molecule has 29 heavy (non-hydrogen) atoms. The number of hydrogen-bond donors (Lipinski definition) is 1. The van der Waals surface area contributed by atoms with Crippen LogP contribution in [0.2, 0.25) is 5.02 Å². The van der Waals surface area contributed by atoms with Gasteiger partial charge in [-0.05, 0) is 30.3 Å². The summed E-state index contributed by atoms with van der Waals surface area (Å²) in [6, 6.07) is 9.95. The van der Waals surface area contributed by atoms with Crippen LogP contribution in [0.1, 0.15) is 0 Å². The van der Waals surface area contributed by atoms with E-state index in [1.54, 1.807) is 0 Å². The quantitative estimate of drug-likeness (QED) is 0.665. The highest BCUT2D eigenvalue weighted by Crippen LogP contribution is 2.31. The first-order chi connectivity index (χ1) is 13.8. The zero-order valence-electron chi connectivity index (χ0n) is 15.1. The van der Waals surface area contributed by atoms with E-state index >= 15 is 0 Å². The van der Waals surface area contributed by atoms with Crippen molar-refractivity contribution in [1.82, 2.24) is 9.55 Å². The van der Waals surface area contributed by atoms with Crippen molar-refractivity contribution in [2.75, 3.05) is 31.2 Å². The van der Waals surface area contributed by atoms with Crippen LogP contribution in [0.15, 0.2) is 48.9 Å². The third-order valence-electron chi connectivity index (χ3n) is 4.29. The Morgan fingerprint density at radius 3 is 2.34 bits per heavy atom. The van der Waals surface area contributed by atoms with Crippen LogP contribution in [0.4, 0.5) is 18.9 Å². The predicted octanol–water partition coefficient (Wildman–Crippen LogP) is 4.15. The maximum absolute atomic E-state index is 10.6. The van der Waals surface area contributed by atoms with Gasteiger partial charge in [0.1, 0.15) is 0 Å². The Labute approximate surface area is 169 Å². The summed E-state index contributed by atoms with van der Waals surface area (Å²) in [5.74, 6) is -2.76. The van der Waals surface area contributed by atoms with E-state index < -0.39 is 12.1 Å². The average Bonchev–Trinajstić information content (AvgIpc) is 3.09. The van der Waals surface area contributed by atoms with Crippen molar-refractivity contribution in [2.24, 2.45) is 0 Å². The fourth-order valence-electron chi connectivity index (χ4n) is 2.93. The van der Waals surface area contributed by atoms with Gasteiger partial charge in [-0.25, -0.2) is 4.79 Å². The zero-order chi connectivity index (χ0) is 21.0. The van der Waals surface area contributed by atoms with Crippen LogP contribution in [-0.4, -0.2) is 53.1 Å². The maximum Gasteiger partial charge on any atom is 0.490 e. The summed E-state index contributed by atoms with van der Waals surface area (Å²) in [4.78, 5) is 15.6. The van der Waals surface area contributed by atoms with Crippen LogP contribution in [-0.2, 0) is 9.53 Å². The lowest BCUT2D eigenvalue weighted by atomic mass is 10.2. The van der Waals surface area contributed by atoms with Gasteiger partial charge in [0.05, 0.1) is 30.6 Å². The number of rotatable bonds is 2. The molecular weight excluding hydrogens is 411 g/mol. The SMILES string of the molecule is Clc1ccc(-n2cc(N3CCOCC3)c3ccncc32)cc1.O=C(O)C(F)(F)F. The molecule has 1 fully saturated rings. The highest BCUT2D eigenvalue weighted by molar-refractivity contribution is 6.30. The summed E-state index contributed by atoms with van der Waals surface area (Å²) in [5.41, 5.74) is 3.42. The third-order valence-corrected chi connectivity index (χ3v) is 4.54. The normalized spacial score (nSPS) is 14.4. The Balaban J connectivity index is 0.000000298. The van der Waals surface area contributed by atoms with E-state index in [4.69, 9.17) is 26.2 Å². The molecule has 0 aliphatic carbocycles.